The minimum absolute atomic E-state index is 0.0273. The van der Waals surface area contributed by atoms with Crippen molar-refractivity contribution in [3.05, 3.63) is 34.9 Å². The van der Waals surface area contributed by atoms with Crippen LogP contribution in [-0.2, 0) is 9.59 Å². The molecule has 0 spiro atoms. The van der Waals surface area contributed by atoms with Gasteiger partial charge in [0.2, 0.25) is 0 Å². The van der Waals surface area contributed by atoms with Gasteiger partial charge in [-0.05, 0) is 38.5 Å². The van der Waals surface area contributed by atoms with E-state index in [1.54, 1.807) is 0 Å². The first-order valence-electron chi connectivity index (χ1n) is 5.98. The molecule has 1 heterocycles. The molecule has 2 aromatic rings. The van der Waals surface area contributed by atoms with Crippen LogP contribution in [0.4, 0.5) is 5.13 Å². The molecule has 0 saturated carbocycles. The van der Waals surface area contributed by atoms with Gasteiger partial charge in [0.25, 0.3) is 5.91 Å². The lowest BCUT2D eigenvalue weighted by molar-refractivity contribution is -0.133. The Morgan fingerprint density at radius 1 is 1.25 bits per heavy atom. The molecule has 0 aliphatic carbocycles. The lowest BCUT2D eigenvalue weighted by Gasteiger charge is -2.03. The van der Waals surface area contributed by atoms with Crippen molar-refractivity contribution in [1.29, 1.82) is 0 Å². The van der Waals surface area contributed by atoms with Crippen LogP contribution in [0.5, 0.6) is 0 Å². The number of aromatic nitrogens is 1. The zero-order chi connectivity index (χ0) is 14.9. The van der Waals surface area contributed by atoms with E-state index < -0.39 is 11.9 Å². The van der Waals surface area contributed by atoms with Crippen molar-refractivity contribution >= 4 is 38.6 Å². The quantitative estimate of drug-likeness (QED) is 0.852. The smallest absolute Gasteiger partial charge is 0.331 e. The van der Waals surface area contributed by atoms with Crippen LogP contribution in [-0.4, -0.2) is 22.0 Å². The molecule has 2 N–H and O–H groups in total. The highest BCUT2D eigenvalue weighted by Gasteiger charge is 2.14. The van der Waals surface area contributed by atoms with E-state index in [1.807, 2.05) is 25.1 Å². The first-order valence-corrected chi connectivity index (χ1v) is 6.79. The number of nitrogens with zero attached hydrogens (tertiary/aromatic N) is 1. The van der Waals surface area contributed by atoms with Crippen molar-refractivity contribution in [1.82, 2.24) is 4.98 Å². The maximum absolute atomic E-state index is 11.9. The van der Waals surface area contributed by atoms with Crippen LogP contribution in [0.15, 0.2) is 29.3 Å². The fourth-order valence-corrected chi connectivity index (χ4v) is 2.57. The third-order valence-corrected chi connectivity index (χ3v) is 3.92. The number of benzene rings is 1. The van der Waals surface area contributed by atoms with Crippen LogP contribution < -0.4 is 5.32 Å². The first kappa shape index (κ1) is 14.2. The summed E-state index contributed by atoms with van der Waals surface area (Å²) in [7, 11) is 0. The van der Waals surface area contributed by atoms with Crippen LogP contribution >= 0.6 is 11.3 Å². The number of hydrogen-bond donors (Lipinski definition) is 2. The van der Waals surface area contributed by atoms with Crippen molar-refractivity contribution in [2.24, 2.45) is 0 Å². The number of thiazole rings is 1. The third kappa shape index (κ3) is 2.85. The summed E-state index contributed by atoms with van der Waals surface area (Å²) in [5.74, 6) is -1.54. The van der Waals surface area contributed by atoms with Crippen molar-refractivity contribution < 1.29 is 14.7 Å². The summed E-state index contributed by atoms with van der Waals surface area (Å²) in [4.78, 5) is 27.1. The molecule has 20 heavy (non-hydrogen) atoms. The normalized spacial score (nSPS) is 12.2. The average Bonchev–Trinajstić information content (AvgIpc) is 2.77. The van der Waals surface area contributed by atoms with E-state index in [0.717, 1.165) is 15.8 Å². The standard InChI is InChI=1S/C14H14N2O3S/c1-7-4-5-10-11(6-7)20-14(15-10)16-12(17)8(2)9(3)13(18)19/h4-6H,1-3H3,(H,18,19)(H,15,16,17). The number of carboxylic acids is 1. The molecule has 1 aromatic heterocycles. The molecule has 104 valence electrons. The van der Waals surface area contributed by atoms with E-state index in [1.165, 1.54) is 25.2 Å². The van der Waals surface area contributed by atoms with Gasteiger partial charge in [0, 0.05) is 11.1 Å². The summed E-state index contributed by atoms with van der Waals surface area (Å²) in [5.41, 5.74) is 2.14. The van der Waals surface area contributed by atoms with E-state index in [0.29, 0.717) is 5.13 Å². The second kappa shape index (κ2) is 5.42. The lowest BCUT2D eigenvalue weighted by atomic mass is 10.1. The predicted octanol–water partition coefficient (Wildman–Crippen LogP) is 2.96. The number of carbonyl (C=O) groups excluding carboxylic acids is 1. The molecule has 1 aromatic carbocycles. The topological polar surface area (TPSA) is 79.3 Å². The highest BCUT2D eigenvalue weighted by molar-refractivity contribution is 7.22. The monoisotopic (exact) mass is 290 g/mol. The maximum Gasteiger partial charge on any atom is 0.331 e. The molecule has 2 rings (SSSR count). The summed E-state index contributed by atoms with van der Waals surface area (Å²) >= 11 is 1.36. The number of rotatable bonds is 3. The molecule has 0 unspecified atom stereocenters. The van der Waals surface area contributed by atoms with Gasteiger partial charge >= 0.3 is 5.97 Å². The molecule has 0 saturated heterocycles. The van der Waals surface area contributed by atoms with E-state index in [9.17, 15) is 9.59 Å². The molecule has 0 fully saturated rings. The van der Waals surface area contributed by atoms with Gasteiger partial charge in [0.05, 0.1) is 10.2 Å². The molecular weight excluding hydrogens is 276 g/mol. The minimum atomic E-state index is -1.10. The summed E-state index contributed by atoms with van der Waals surface area (Å²) in [5, 5.41) is 12.0. The maximum atomic E-state index is 11.9. The highest BCUT2D eigenvalue weighted by atomic mass is 32.1. The van der Waals surface area contributed by atoms with Crippen molar-refractivity contribution in [3.8, 4) is 0 Å². The zero-order valence-electron chi connectivity index (χ0n) is 11.4. The van der Waals surface area contributed by atoms with Gasteiger partial charge in [-0.2, -0.15) is 0 Å². The molecular formula is C14H14N2O3S. The van der Waals surface area contributed by atoms with Gasteiger partial charge in [0.1, 0.15) is 0 Å². The Bertz CT molecular complexity index is 731. The predicted molar refractivity (Wildman–Crippen MR) is 79.0 cm³/mol. The van der Waals surface area contributed by atoms with Crippen LogP contribution in [0.3, 0.4) is 0 Å². The molecule has 0 aliphatic heterocycles. The third-order valence-electron chi connectivity index (χ3n) is 2.99. The summed E-state index contributed by atoms with van der Waals surface area (Å²) < 4.78 is 0.983. The van der Waals surface area contributed by atoms with Gasteiger partial charge < -0.3 is 5.11 Å². The van der Waals surface area contributed by atoms with Crippen molar-refractivity contribution in [2.45, 2.75) is 20.8 Å². The van der Waals surface area contributed by atoms with Gasteiger partial charge in [-0.15, -0.1) is 0 Å². The van der Waals surface area contributed by atoms with Crippen LogP contribution in [0.1, 0.15) is 19.4 Å². The molecule has 0 atom stereocenters. The number of fused-ring (bicyclic) bond motifs is 1. The number of carbonyl (C=O) groups is 2. The SMILES string of the molecule is CC(C(=O)O)=C(C)C(=O)Nc1nc2ccc(C)cc2s1. The second-order valence-corrected chi connectivity index (χ2v) is 5.53. The molecule has 6 heteroatoms. The fourth-order valence-electron chi connectivity index (χ4n) is 1.61. The molecule has 5 nitrogen and oxygen atoms in total. The fraction of sp³-hybridized carbons (Fsp3) is 0.214. The summed E-state index contributed by atoms with van der Waals surface area (Å²) in [6.07, 6.45) is 0. The molecule has 0 bridgehead atoms. The number of amides is 1. The summed E-state index contributed by atoms with van der Waals surface area (Å²) in [6, 6.07) is 5.84. The van der Waals surface area contributed by atoms with Crippen LogP contribution in [0, 0.1) is 6.92 Å². The highest BCUT2D eigenvalue weighted by Crippen LogP contribution is 2.27. The number of carboxylic acid groups (broad SMARTS) is 1. The number of nitrogens with one attached hydrogen (secondary N) is 1. The van der Waals surface area contributed by atoms with E-state index in [-0.39, 0.29) is 11.1 Å². The number of aliphatic carboxylic acids is 1. The number of hydrogen-bond acceptors (Lipinski definition) is 4. The Balaban J connectivity index is 2.26. The Hall–Kier alpha value is -2.21. The van der Waals surface area contributed by atoms with Gasteiger partial charge in [-0.3, -0.25) is 10.1 Å². The number of anilines is 1. The molecule has 1 amide bonds. The molecule has 0 radical (unpaired) electrons. The van der Waals surface area contributed by atoms with Gasteiger partial charge in [-0.25, -0.2) is 9.78 Å². The Morgan fingerprint density at radius 3 is 2.60 bits per heavy atom. The Kier molecular flexibility index (Phi) is 3.85. The first-order chi connectivity index (χ1) is 9.38. The van der Waals surface area contributed by atoms with Crippen molar-refractivity contribution in [2.75, 3.05) is 5.32 Å². The van der Waals surface area contributed by atoms with Crippen LogP contribution in [0.2, 0.25) is 0 Å². The van der Waals surface area contributed by atoms with E-state index in [2.05, 4.69) is 10.3 Å². The van der Waals surface area contributed by atoms with Gasteiger partial charge in [0.15, 0.2) is 5.13 Å². The largest absolute Gasteiger partial charge is 0.478 e. The molecule has 0 aliphatic rings. The Morgan fingerprint density at radius 2 is 1.95 bits per heavy atom. The van der Waals surface area contributed by atoms with E-state index >= 15 is 0 Å². The average molecular weight is 290 g/mol. The second-order valence-electron chi connectivity index (χ2n) is 4.50. The zero-order valence-corrected chi connectivity index (χ0v) is 12.2. The van der Waals surface area contributed by atoms with Crippen molar-refractivity contribution in [3.63, 3.8) is 0 Å². The lowest BCUT2D eigenvalue weighted by Crippen LogP contribution is -2.16. The van der Waals surface area contributed by atoms with Gasteiger partial charge in [-0.1, -0.05) is 17.4 Å². The Labute approximate surface area is 120 Å². The van der Waals surface area contributed by atoms with Crippen LogP contribution in [0.25, 0.3) is 10.2 Å². The summed E-state index contributed by atoms with van der Waals surface area (Å²) in [6.45, 7) is 4.87. The minimum Gasteiger partial charge on any atom is -0.478 e. The number of aryl methyl sites for hydroxylation is 1. The van der Waals surface area contributed by atoms with E-state index in [4.69, 9.17) is 5.11 Å².